The maximum absolute atomic E-state index is 12.7. The van der Waals surface area contributed by atoms with E-state index in [0.717, 1.165) is 12.5 Å². The largest absolute Gasteiger partial charge is 0.419 e. The van der Waals surface area contributed by atoms with E-state index in [4.69, 9.17) is 17.3 Å². The van der Waals surface area contributed by atoms with Crippen molar-refractivity contribution in [2.75, 3.05) is 11.4 Å². The predicted molar refractivity (Wildman–Crippen MR) is 73.0 cm³/mol. The van der Waals surface area contributed by atoms with Gasteiger partial charge in [0.05, 0.1) is 5.56 Å². The highest BCUT2D eigenvalue weighted by Crippen LogP contribution is 2.36. The second kappa shape index (κ2) is 5.71. The van der Waals surface area contributed by atoms with Gasteiger partial charge in [0.2, 0.25) is 5.91 Å². The van der Waals surface area contributed by atoms with Gasteiger partial charge in [-0.1, -0.05) is 18.5 Å². The minimum absolute atomic E-state index is 0.240. The summed E-state index contributed by atoms with van der Waals surface area (Å²) >= 11 is 5.62. The molecule has 1 fully saturated rings. The number of carbonyl (C=O) groups excluding carboxylic acids is 1. The van der Waals surface area contributed by atoms with Crippen molar-refractivity contribution in [1.29, 1.82) is 0 Å². The number of carbonyl (C=O) groups is 1. The zero-order chi connectivity index (χ0) is 15.8. The third-order valence-corrected chi connectivity index (χ3v) is 3.91. The lowest BCUT2D eigenvalue weighted by Gasteiger charge is -2.37. The number of aromatic nitrogens is 1. The first-order valence-electron chi connectivity index (χ1n) is 6.50. The molecule has 4 nitrogen and oxygen atoms in total. The molecule has 0 spiro atoms. The normalized spacial score (nSPS) is 23.2. The number of nitrogens with two attached hydrogens (primary N) is 1. The van der Waals surface area contributed by atoms with Crippen molar-refractivity contribution in [3.8, 4) is 0 Å². The van der Waals surface area contributed by atoms with Crippen LogP contribution in [0.2, 0.25) is 5.15 Å². The van der Waals surface area contributed by atoms with Gasteiger partial charge in [0.15, 0.2) is 0 Å². The standard InChI is InChI=1S/C13H15ClF3N3O/c1-7-4-5-20(9(6-7)12(18)21)10-3-2-8(11(14)19-10)13(15,16)17/h2-3,7,9H,4-6H2,1H3,(H2,18,21). The van der Waals surface area contributed by atoms with E-state index in [2.05, 4.69) is 4.98 Å². The van der Waals surface area contributed by atoms with E-state index >= 15 is 0 Å². The van der Waals surface area contributed by atoms with Crippen molar-refractivity contribution in [1.82, 2.24) is 4.98 Å². The molecular weight excluding hydrogens is 307 g/mol. The first-order chi connectivity index (χ1) is 9.70. The SMILES string of the molecule is CC1CCN(c2ccc(C(F)(F)F)c(Cl)n2)C(C(N)=O)C1. The molecule has 0 bridgehead atoms. The lowest BCUT2D eigenvalue weighted by Crippen LogP contribution is -2.50. The number of primary amides is 1. The van der Waals surface area contributed by atoms with E-state index in [-0.39, 0.29) is 5.82 Å². The first-order valence-corrected chi connectivity index (χ1v) is 6.87. The van der Waals surface area contributed by atoms with Gasteiger partial charge in [-0.05, 0) is 30.9 Å². The fourth-order valence-corrected chi connectivity index (χ4v) is 2.74. The maximum atomic E-state index is 12.7. The Morgan fingerprint density at radius 3 is 2.67 bits per heavy atom. The van der Waals surface area contributed by atoms with Crippen LogP contribution in [-0.2, 0) is 11.0 Å². The van der Waals surface area contributed by atoms with Crippen LogP contribution in [0.5, 0.6) is 0 Å². The molecule has 1 saturated heterocycles. The van der Waals surface area contributed by atoms with Gasteiger partial charge in [-0.15, -0.1) is 0 Å². The summed E-state index contributed by atoms with van der Waals surface area (Å²) in [6, 6.07) is 1.52. The summed E-state index contributed by atoms with van der Waals surface area (Å²) in [4.78, 5) is 16.9. The summed E-state index contributed by atoms with van der Waals surface area (Å²) in [6.07, 6.45) is -3.19. The average Bonchev–Trinajstić information content (AvgIpc) is 2.36. The molecule has 0 aliphatic carbocycles. The summed E-state index contributed by atoms with van der Waals surface area (Å²) in [6.45, 7) is 2.50. The summed E-state index contributed by atoms with van der Waals surface area (Å²) in [5.41, 5.74) is 4.38. The van der Waals surface area contributed by atoms with Crippen molar-refractivity contribution >= 4 is 23.3 Å². The van der Waals surface area contributed by atoms with Crippen molar-refractivity contribution in [3.05, 3.63) is 22.8 Å². The van der Waals surface area contributed by atoms with Crippen LogP contribution >= 0.6 is 11.6 Å². The molecule has 2 N–H and O–H groups in total. The van der Waals surface area contributed by atoms with E-state index in [9.17, 15) is 18.0 Å². The van der Waals surface area contributed by atoms with E-state index < -0.39 is 28.8 Å². The lowest BCUT2D eigenvalue weighted by atomic mass is 9.92. The van der Waals surface area contributed by atoms with Crippen LogP contribution in [-0.4, -0.2) is 23.5 Å². The van der Waals surface area contributed by atoms with Crippen LogP contribution in [0, 0.1) is 5.92 Å². The fourth-order valence-electron chi connectivity index (χ4n) is 2.48. The van der Waals surface area contributed by atoms with Gasteiger partial charge < -0.3 is 10.6 Å². The van der Waals surface area contributed by atoms with Crippen LogP contribution in [0.25, 0.3) is 0 Å². The van der Waals surface area contributed by atoms with Crippen molar-refractivity contribution in [3.63, 3.8) is 0 Å². The van der Waals surface area contributed by atoms with E-state index in [0.29, 0.717) is 18.9 Å². The highest BCUT2D eigenvalue weighted by molar-refractivity contribution is 6.30. The van der Waals surface area contributed by atoms with Crippen LogP contribution in [0.3, 0.4) is 0 Å². The molecule has 1 aromatic rings. The van der Waals surface area contributed by atoms with Gasteiger partial charge in [0, 0.05) is 6.54 Å². The van der Waals surface area contributed by atoms with Crippen molar-refractivity contribution in [2.24, 2.45) is 11.7 Å². The summed E-state index contributed by atoms with van der Waals surface area (Å²) in [7, 11) is 0. The number of hydrogen-bond acceptors (Lipinski definition) is 3. The molecule has 116 valence electrons. The molecule has 2 heterocycles. The highest BCUT2D eigenvalue weighted by Gasteiger charge is 2.36. The second-order valence-corrected chi connectivity index (χ2v) is 5.60. The number of amides is 1. The van der Waals surface area contributed by atoms with Gasteiger partial charge >= 0.3 is 6.18 Å². The van der Waals surface area contributed by atoms with Gasteiger partial charge in [-0.2, -0.15) is 13.2 Å². The van der Waals surface area contributed by atoms with E-state index in [1.165, 1.54) is 6.07 Å². The topological polar surface area (TPSA) is 59.2 Å². The fraction of sp³-hybridized carbons (Fsp3) is 0.538. The average molecular weight is 322 g/mol. The van der Waals surface area contributed by atoms with Gasteiger partial charge in [0.25, 0.3) is 0 Å². The number of alkyl halides is 3. The van der Waals surface area contributed by atoms with Gasteiger partial charge in [-0.3, -0.25) is 4.79 Å². The molecule has 2 unspecified atom stereocenters. The van der Waals surface area contributed by atoms with E-state index in [1.807, 2.05) is 6.92 Å². The molecule has 0 radical (unpaired) electrons. The Labute approximate surface area is 125 Å². The number of piperidine rings is 1. The molecule has 1 amide bonds. The van der Waals surface area contributed by atoms with Crippen molar-refractivity contribution < 1.29 is 18.0 Å². The number of halogens is 4. The third kappa shape index (κ3) is 3.40. The van der Waals surface area contributed by atoms with Crippen LogP contribution in [0.4, 0.5) is 19.0 Å². The van der Waals surface area contributed by atoms with E-state index in [1.54, 1.807) is 4.90 Å². The van der Waals surface area contributed by atoms with Crippen LogP contribution in [0.1, 0.15) is 25.3 Å². The Morgan fingerprint density at radius 1 is 1.48 bits per heavy atom. The molecule has 0 aromatic carbocycles. The Morgan fingerprint density at radius 2 is 2.14 bits per heavy atom. The quantitative estimate of drug-likeness (QED) is 0.852. The Bertz CT molecular complexity index is 550. The smallest absolute Gasteiger partial charge is 0.368 e. The second-order valence-electron chi connectivity index (χ2n) is 5.25. The van der Waals surface area contributed by atoms with Crippen LogP contribution < -0.4 is 10.6 Å². The third-order valence-electron chi connectivity index (χ3n) is 3.63. The summed E-state index contributed by atoms with van der Waals surface area (Å²) < 4.78 is 38.0. The van der Waals surface area contributed by atoms with Gasteiger partial charge in [-0.25, -0.2) is 4.98 Å². The number of pyridine rings is 1. The molecule has 2 rings (SSSR count). The van der Waals surface area contributed by atoms with Crippen molar-refractivity contribution in [2.45, 2.75) is 32.0 Å². The molecule has 1 aliphatic rings. The lowest BCUT2D eigenvalue weighted by molar-refractivity contribution is -0.137. The molecular formula is C13H15ClF3N3O. The highest BCUT2D eigenvalue weighted by atomic mass is 35.5. The maximum Gasteiger partial charge on any atom is 0.419 e. The monoisotopic (exact) mass is 321 g/mol. The zero-order valence-electron chi connectivity index (χ0n) is 11.3. The Kier molecular flexibility index (Phi) is 4.32. The summed E-state index contributed by atoms with van der Waals surface area (Å²) in [5.74, 6) is 0.0479. The van der Waals surface area contributed by atoms with Gasteiger partial charge in [0.1, 0.15) is 17.0 Å². The molecule has 21 heavy (non-hydrogen) atoms. The Balaban J connectivity index is 2.33. The molecule has 1 aliphatic heterocycles. The predicted octanol–water partition coefficient (Wildman–Crippen LogP) is 2.84. The summed E-state index contributed by atoms with van der Waals surface area (Å²) in [5, 5.41) is -0.623. The zero-order valence-corrected chi connectivity index (χ0v) is 12.1. The van der Waals surface area contributed by atoms with Crippen LogP contribution in [0.15, 0.2) is 12.1 Å². The number of rotatable bonds is 2. The molecule has 1 aromatic heterocycles. The molecule has 0 saturated carbocycles. The molecule has 8 heteroatoms. The first kappa shape index (κ1) is 15.9. The number of anilines is 1. The Hall–Kier alpha value is -1.50. The minimum Gasteiger partial charge on any atom is -0.368 e. The molecule has 2 atom stereocenters. The number of hydrogen-bond donors (Lipinski definition) is 1. The number of nitrogens with zero attached hydrogens (tertiary/aromatic N) is 2. The minimum atomic E-state index is -4.55.